The number of halogens is 2. The second kappa shape index (κ2) is 18.0. The molecule has 2 aromatic carbocycles. The van der Waals surface area contributed by atoms with Crippen LogP contribution in [0.15, 0.2) is 89.5 Å². The van der Waals surface area contributed by atoms with Gasteiger partial charge in [-0.2, -0.15) is 0 Å². The van der Waals surface area contributed by atoms with Crippen LogP contribution in [0.4, 0.5) is 10.1 Å². The first-order valence-electron chi connectivity index (χ1n) is 15.6. The monoisotopic (exact) mass is 706 g/mol. The molecule has 14 nitrogen and oxygen atoms in total. The van der Waals surface area contributed by atoms with Crippen LogP contribution < -0.4 is 16.4 Å². The zero-order valence-corrected chi connectivity index (χ0v) is 27.9. The number of hydrogen-bond donors (Lipinski definition) is 3. The minimum absolute atomic E-state index is 0.0368. The molecule has 0 saturated heterocycles. The number of esters is 1. The number of benzene rings is 2. The number of nitrogen functional groups attached to an aromatic ring is 1. The summed E-state index contributed by atoms with van der Waals surface area (Å²) < 4.78 is 37.7. The summed E-state index contributed by atoms with van der Waals surface area (Å²) in [6, 6.07) is 13.2. The summed E-state index contributed by atoms with van der Waals surface area (Å²) in [6.45, 7) is 2.34. The van der Waals surface area contributed by atoms with Crippen LogP contribution in [0.1, 0.15) is 33.2 Å². The van der Waals surface area contributed by atoms with Crippen LogP contribution in [-0.4, -0.2) is 84.4 Å². The molecule has 0 bridgehead atoms. The summed E-state index contributed by atoms with van der Waals surface area (Å²) in [6.07, 6.45) is 4.97. The predicted molar refractivity (Wildman–Crippen MR) is 182 cm³/mol. The molecule has 0 radical (unpaired) electrons. The van der Waals surface area contributed by atoms with Gasteiger partial charge in [-0.05, 0) is 48.5 Å². The molecule has 3 heterocycles. The van der Waals surface area contributed by atoms with Crippen LogP contribution in [0.5, 0.6) is 0 Å². The maximum atomic E-state index is 13.9. The van der Waals surface area contributed by atoms with Crippen LogP contribution in [-0.2, 0) is 36.9 Å². The molecule has 0 spiro atoms. The van der Waals surface area contributed by atoms with Gasteiger partial charge in [0.2, 0.25) is 0 Å². The number of amidine groups is 1. The van der Waals surface area contributed by atoms with Crippen molar-refractivity contribution in [2.75, 3.05) is 52.4 Å². The van der Waals surface area contributed by atoms with Gasteiger partial charge in [0.05, 0.1) is 70.8 Å². The van der Waals surface area contributed by atoms with E-state index >= 15 is 0 Å². The lowest BCUT2D eigenvalue weighted by Crippen LogP contribution is -2.35. The lowest BCUT2D eigenvalue weighted by atomic mass is 9.95. The minimum atomic E-state index is -0.897. The van der Waals surface area contributed by atoms with Crippen molar-refractivity contribution in [3.63, 3.8) is 0 Å². The molecule has 262 valence electrons. The van der Waals surface area contributed by atoms with Gasteiger partial charge in [0, 0.05) is 46.3 Å². The number of carbonyl (C=O) groups excluding carboxylic acids is 2. The first-order valence-corrected chi connectivity index (χ1v) is 16.0. The summed E-state index contributed by atoms with van der Waals surface area (Å²) in [4.78, 5) is 34.0. The van der Waals surface area contributed by atoms with E-state index in [-0.39, 0.29) is 29.7 Å². The topological polar surface area (TPSA) is 177 Å². The molecule has 16 heteroatoms. The molecule has 0 fully saturated rings. The van der Waals surface area contributed by atoms with E-state index in [1.54, 1.807) is 59.7 Å². The lowest BCUT2D eigenvalue weighted by molar-refractivity contribution is -0.136. The third kappa shape index (κ3) is 9.92. The number of nitrogens with zero attached hydrogens (tertiary/aromatic N) is 5. The third-order valence-electron chi connectivity index (χ3n) is 7.37. The third-order valence-corrected chi connectivity index (χ3v) is 7.69. The van der Waals surface area contributed by atoms with Gasteiger partial charge in [-0.15, -0.1) is 5.10 Å². The largest absolute Gasteiger partial charge is 0.466 e. The average molecular weight is 707 g/mol. The SMILES string of the molecule is COC(=O)C1=C(COCc2cn(CCOCCOCCNC(=O)c3ccc(N)cc3)nn2)NC(c2ccncc2)=NC1c1ccc(F)cc1Cl. The van der Waals surface area contributed by atoms with Crippen LogP contribution in [0.2, 0.25) is 5.02 Å². The second-order valence-corrected chi connectivity index (χ2v) is 11.3. The first-order chi connectivity index (χ1) is 24.3. The number of aliphatic imine (C=N–C) groups is 1. The number of ether oxygens (including phenoxy) is 4. The number of pyridine rings is 1. The molecule has 4 N–H and O–H groups in total. The molecule has 0 saturated carbocycles. The molecule has 5 rings (SSSR count). The Labute approximate surface area is 292 Å². The van der Waals surface area contributed by atoms with Crippen molar-refractivity contribution in [3.8, 4) is 0 Å². The predicted octanol–water partition coefficient (Wildman–Crippen LogP) is 3.25. The van der Waals surface area contributed by atoms with Gasteiger partial charge in [-0.3, -0.25) is 14.8 Å². The standard InChI is InChI=1S/C34H36ClFN8O6/c1-47-34(46)30-29(40-32(22-8-10-38-11-9-22)41-31(30)27-7-4-24(36)18-28(27)35)21-50-20-26-19-44(43-42-26)13-15-49-17-16-48-14-12-39-33(45)23-2-5-25(37)6-3-23/h2-11,18-19,31H,12-17,20-21,37H2,1H3,(H,39,45)(H,40,41). The summed E-state index contributed by atoms with van der Waals surface area (Å²) in [7, 11) is 1.26. The van der Waals surface area contributed by atoms with E-state index in [9.17, 15) is 14.0 Å². The molecule has 1 aliphatic rings. The quantitative estimate of drug-likeness (QED) is 0.0835. The number of anilines is 1. The maximum absolute atomic E-state index is 13.9. The molecule has 50 heavy (non-hydrogen) atoms. The minimum Gasteiger partial charge on any atom is -0.466 e. The van der Waals surface area contributed by atoms with E-state index < -0.39 is 17.8 Å². The number of carbonyl (C=O) groups is 2. The first kappa shape index (κ1) is 36.1. The van der Waals surface area contributed by atoms with Gasteiger partial charge in [-0.25, -0.2) is 13.9 Å². The number of rotatable bonds is 17. The molecule has 1 amide bonds. The maximum Gasteiger partial charge on any atom is 0.338 e. The fraction of sp³-hybridized carbons (Fsp3) is 0.294. The molecule has 2 aromatic heterocycles. The Balaban J connectivity index is 1.09. The van der Waals surface area contributed by atoms with Crippen molar-refractivity contribution in [2.24, 2.45) is 4.99 Å². The lowest BCUT2D eigenvalue weighted by Gasteiger charge is -2.28. The highest BCUT2D eigenvalue weighted by molar-refractivity contribution is 6.31. The fourth-order valence-corrected chi connectivity index (χ4v) is 5.16. The summed E-state index contributed by atoms with van der Waals surface area (Å²) in [5.41, 5.74) is 9.04. The highest BCUT2D eigenvalue weighted by atomic mass is 35.5. The summed E-state index contributed by atoms with van der Waals surface area (Å²) >= 11 is 6.42. The van der Waals surface area contributed by atoms with Crippen molar-refractivity contribution in [1.29, 1.82) is 0 Å². The zero-order valence-electron chi connectivity index (χ0n) is 27.2. The van der Waals surface area contributed by atoms with Gasteiger partial charge < -0.3 is 35.3 Å². The normalized spacial score (nSPS) is 14.2. The Morgan fingerprint density at radius 2 is 1.76 bits per heavy atom. The van der Waals surface area contributed by atoms with Gasteiger partial charge in [0.25, 0.3) is 5.91 Å². The molecule has 1 unspecified atom stereocenters. The highest BCUT2D eigenvalue weighted by Crippen LogP contribution is 2.36. The fourth-order valence-electron chi connectivity index (χ4n) is 4.89. The van der Waals surface area contributed by atoms with Gasteiger partial charge in [0.15, 0.2) is 0 Å². The van der Waals surface area contributed by atoms with E-state index in [4.69, 9.17) is 41.3 Å². The molecule has 1 atom stereocenters. The highest BCUT2D eigenvalue weighted by Gasteiger charge is 2.33. The van der Waals surface area contributed by atoms with Crippen LogP contribution in [0, 0.1) is 5.82 Å². The number of methoxy groups -OCH3 is 1. The Kier molecular flexibility index (Phi) is 13.0. The van der Waals surface area contributed by atoms with Crippen molar-refractivity contribution in [2.45, 2.75) is 19.2 Å². The van der Waals surface area contributed by atoms with Crippen molar-refractivity contribution >= 4 is 35.0 Å². The van der Waals surface area contributed by atoms with E-state index in [1.165, 1.54) is 25.3 Å². The Morgan fingerprint density at radius 1 is 1.00 bits per heavy atom. The van der Waals surface area contributed by atoms with Crippen LogP contribution >= 0.6 is 11.6 Å². The van der Waals surface area contributed by atoms with Gasteiger partial charge in [-0.1, -0.05) is 22.9 Å². The second-order valence-electron chi connectivity index (χ2n) is 10.9. The van der Waals surface area contributed by atoms with Crippen molar-refractivity contribution in [1.82, 2.24) is 30.6 Å². The summed E-state index contributed by atoms with van der Waals surface area (Å²) in [5, 5.41) is 14.4. The van der Waals surface area contributed by atoms with Crippen molar-refractivity contribution in [3.05, 3.63) is 118 Å². The number of nitrogens with one attached hydrogen (secondary N) is 2. The molecule has 4 aromatic rings. The Morgan fingerprint density at radius 3 is 2.50 bits per heavy atom. The van der Waals surface area contributed by atoms with E-state index in [2.05, 4.69) is 25.9 Å². The number of nitrogens with two attached hydrogens (primary N) is 1. The number of aromatic nitrogens is 4. The average Bonchev–Trinajstić information content (AvgIpc) is 3.58. The van der Waals surface area contributed by atoms with E-state index in [1.807, 2.05) is 0 Å². The van der Waals surface area contributed by atoms with Crippen LogP contribution in [0.3, 0.4) is 0 Å². The number of amides is 1. The zero-order chi connectivity index (χ0) is 35.3. The number of hydrogen-bond acceptors (Lipinski definition) is 12. The Bertz CT molecular complexity index is 1820. The van der Waals surface area contributed by atoms with Crippen molar-refractivity contribution < 1.29 is 32.9 Å². The van der Waals surface area contributed by atoms with Gasteiger partial charge in [0.1, 0.15) is 23.4 Å². The van der Waals surface area contributed by atoms with E-state index in [0.717, 1.165) is 0 Å². The van der Waals surface area contributed by atoms with Crippen LogP contribution in [0.25, 0.3) is 0 Å². The molecule has 0 aliphatic carbocycles. The summed E-state index contributed by atoms with van der Waals surface area (Å²) in [5.74, 6) is -0.906. The molecular formula is C34H36ClFN8O6. The smallest absolute Gasteiger partial charge is 0.338 e. The molecule has 1 aliphatic heterocycles. The van der Waals surface area contributed by atoms with E-state index in [0.29, 0.717) is 79.1 Å². The molecular weight excluding hydrogens is 671 g/mol. The van der Waals surface area contributed by atoms with Gasteiger partial charge >= 0.3 is 5.97 Å². The Hall–Kier alpha value is -5.22.